The highest BCUT2D eigenvalue weighted by molar-refractivity contribution is 5.95. The first-order valence-corrected chi connectivity index (χ1v) is 11.2. The highest BCUT2D eigenvalue weighted by atomic mass is 16.4. The lowest BCUT2D eigenvalue weighted by atomic mass is 9.96. The van der Waals surface area contributed by atoms with E-state index >= 15 is 0 Å². The van der Waals surface area contributed by atoms with Crippen LogP contribution in [0.1, 0.15) is 54.1 Å². The maximum atomic E-state index is 12.3. The van der Waals surface area contributed by atoms with Crippen LogP contribution in [0.4, 0.5) is 5.69 Å². The largest absolute Gasteiger partial charge is 0.445 e. The molecule has 1 aliphatic heterocycles. The summed E-state index contributed by atoms with van der Waals surface area (Å²) in [5.74, 6) is 2.01. The van der Waals surface area contributed by atoms with Gasteiger partial charge in [0, 0.05) is 35.7 Å². The Morgan fingerprint density at radius 1 is 1.06 bits per heavy atom. The monoisotopic (exact) mass is 431 g/mol. The summed E-state index contributed by atoms with van der Waals surface area (Å²) < 4.78 is 6.02. The van der Waals surface area contributed by atoms with Gasteiger partial charge in [-0.15, -0.1) is 0 Å². The van der Waals surface area contributed by atoms with Crippen molar-refractivity contribution in [1.29, 1.82) is 0 Å². The van der Waals surface area contributed by atoms with Crippen molar-refractivity contribution in [3.8, 4) is 11.3 Å². The molecule has 0 bridgehead atoms. The highest BCUT2D eigenvalue weighted by Gasteiger charge is 2.25. The van der Waals surface area contributed by atoms with E-state index in [9.17, 15) is 9.59 Å². The van der Waals surface area contributed by atoms with E-state index in [0.29, 0.717) is 23.6 Å². The smallest absolute Gasteiger partial charge is 0.225 e. The molecule has 6 heteroatoms. The quantitative estimate of drug-likeness (QED) is 0.529. The van der Waals surface area contributed by atoms with Gasteiger partial charge in [0.1, 0.15) is 11.5 Å². The van der Waals surface area contributed by atoms with Crippen LogP contribution < -0.4 is 5.32 Å². The van der Waals surface area contributed by atoms with Gasteiger partial charge >= 0.3 is 0 Å². The number of ketones is 1. The van der Waals surface area contributed by atoms with Crippen molar-refractivity contribution in [2.45, 2.75) is 39.0 Å². The fourth-order valence-corrected chi connectivity index (χ4v) is 4.13. The van der Waals surface area contributed by atoms with Crippen LogP contribution in [0, 0.1) is 6.92 Å². The second-order valence-electron chi connectivity index (χ2n) is 8.37. The number of aryl methyl sites for hydroxylation is 1. The number of hydrogen-bond acceptors (Lipinski definition) is 5. The second kappa shape index (κ2) is 9.92. The maximum Gasteiger partial charge on any atom is 0.225 e. The van der Waals surface area contributed by atoms with E-state index in [-0.39, 0.29) is 11.7 Å². The van der Waals surface area contributed by atoms with Crippen LogP contribution in [0.2, 0.25) is 0 Å². The predicted octanol–water partition coefficient (Wildman–Crippen LogP) is 5.06. The molecule has 1 aromatic heterocycles. The molecular formula is C26H29N3O3. The van der Waals surface area contributed by atoms with Crippen molar-refractivity contribution < 1.29 is 14.0 Å². The van der Waals surface area contributed by atoms with Crippen molar-refractivity contribution in [3.63, 3.8) is 0 Å². The number of hydrogen-bond donors (Lipinski definition) is 1. The van der Waals surface area contributed by atoms with Gasteiger partial charge in [-0.05, 0) is 64.0 Å². The van der Waals surface area contributed by atoms with Gasteiger partial charge in [-0.25, -0.2) is 4.98 Å². The number of carbonyl (C=O) groups excluding carboxylic acids is 2. The summed E-state index contributed by atoms with van der Waals surface area (Å²) in [6.45, 7) is 6.08. The number of carbonyl (C=O) groups is 2. The van der Waals surface area contributed by atoms with Crippen molar-refractivity contribution >= 4 is 17.4 Å². The molecule has 0 radical (unpaired) electrons. The number of oxazole rings is 1. The summed E-state index contributed by atoms with van der Waals surface area (Å²) in [6.07, 6.45) is 2.39. The molecule has 1 saturated heterocycles. The highest BCUT2D eigenvalue weighted by Crippen LogP contribution is 2.32. The predicted molar refractivity (Wildman–Crippen MR) is 125 cm³/mol. The molecular weight excluding hydrogens is 402 g/mol. The van der Waals surface area contributed by atoms with Gasteiger partial charge in [0.05, 0.1) is 0 Å². The molecule has 1 fully saturated rings. The van der Waals surface area contributed by atoms with Crippen LogP contribution >= 0.6 is 0 Å². The topological polar surface area (TPSA) is 75.4 Å². The minimum atomic E-state index is -0.0153. The Labute approximate surface area is 188 Å². The number of piperidine rings is 1. The maximum absolute atomic E-state index is 12.3. The first-order chi connectivity index (χ1) is 15.5. The van der Waals surface area contributed by atoms with Crippen LogP contribution in [-0.4, -0.2) is 41.2 Å². The Balaban J connectivity index is 1.24. The number of nitrogens with one attached hydrogen (secondary N) is 1. The number of benzene rings is 2. The van der Waals surface area contributed by atoms with E-state index in [1.807, 2.05) is 25.1 Å². The standard InChI is InChI=1S/C26H29N3O3/c1-18(30)20-8-10-23(11-9-20)27-24(31)14-17-29-15-12-22(13-16-29)26-28-25(19(2)32-26)21-6-4-3-5-7-21/h3-11,22H,12-17H2,1-2H3,(H,27,31). The number of rotatable bonds is 7. The van der Waals surface area contributed by atoms with E-state index in [0.717, 1.165) is 55.4 Å². The Morgan fingerprint density at radius 3 is 2.41 bits per heavy atom. The van der Waals surface area contributed by atoms with Crippen LogP contribution in [0.25, 0.3) is 11.3 Å². The third-order valence-electron chi connectivity index (χ3n) is 6.03. The minimum absolute atomic E-state index is 0.0153. The molecule has 0 unspecified atom stereocenters. The van der Waals surface area contributed by atoms with Gasteiger partial charge < -0.3 is 14.6 Å². The lowest BCUT2D eigenvalue weighted by Crippen LogP contribution is -2.35. The normalized spacial score (nSPS) is 14.9. The molecule has 0 aliphatic carbocycles. The molecule has 4 rings (SSSR count). The van der Waals surface area contributed by atoms with Gasteiger partial charge in [-0.1, -0.05) is 30.3 Å². The molecule has 1 N–H and O–H groups in total. The summed E-state index contributed by atoms with van der Waals surface area (Å²) in [6, 6.07) is 17.1. The minimum Gasteiger partial charge on any atom is -0.445 e. The summed E-state index contributed by atoms with van der Waals surface area (Å²) in [7, 11) is 0. The van der Waals surface area contributed by atoms with Gasteiger partial charge in [-0.3, -0.25) is 9.59 Å². The number of aromatic nitrogens is 1. The molecule has 3 aromatic rings. The average Bonchev–Trinajstić information content (AvgIpc) is 3.20. The molecule has 0 saturated carbocycles. The Kier molecular flexibility index (Phi) is 6.81. The zero-order valence-electron chi connectivity index (χ0n) is 18.6. The number of likely N-dealkylation sites (tertiary alicyclic amines) is 1. The second-order valence-corrected chi connectivity index (χ2v) is 8.37. The molecule has 2 aromatic carbocycles. The first kappa shape index (κ1) is 22.0. The van der Waals surface area contributed by atoms with Gasteiger partial charge in [-0.2, -0.15) is 0 Å². The van der Waals surface area contributed by atoms with E-state index in [2.05, 4.69) is 22.3 Å². The van der Waals surface area contributed by atoms with Crippen molar-refractivity contribution in [3.05, 3.63) is 71.8 Å². The fraction of sp³-hybridized carbons (Fsp3) is 0.346. The van der Waals surface area contributed by atoms with Crippen molar-refractivity contribution in [2.75, 3.05) is 25.0 Å². The van der Waals surface area contributed by atoms with Crippen molar-refractivity contribution in [1.82, 2.24) is 9.88 Å². The number of Topliss-reactive ketones (excluding diaryl/α,β-unsaturated/α-hetero) is 1. The molecule has 32 heavy (non-hydrogen) atoms. The third-order valence-corrected chi connectivity index (χ3v) is 6.03. The molecule has 1 amide bonds. The SMILES string of the molecule is CC(=O)c1ccc(NC(=O)CCN2CCC(c3nc(-c4ccccc4)c(C)o3)CC2)cc1. The summed E-state index contributed by atoms with van der Waals surface area (Å²) in [5.41, 5.74) is 3.37. The van der Waals surface area contributed by atoms with Gasteiger partial charge in [0.2, 0.25) is 5.91 Å². The molecule has 2 heterocycles. The van der Waals surface area contributed by atoms with Gasteiger partial charge in [0.25, 0.3) is 0 Å². The van der Waals surface area contributed by atoms with E-state index in [1.54, 1.807) is 24.3 Å². The Hall–Kier alpha value is -3.25. The zero-order valence-corrected chi connectivity index (χ0v) is 18.6. The first-order valence-electron chi connectivity index (χ1n) is 11.2. The molecule has 1 aliphatic rings. The number of amides is 1. The molecule has 0 atom stereocenters. The van der Waals surface area contributed by atoms with Gasteiger partial charge in [0.15, 0.2) is 11.7 Å². The fourth-order valence-electron chi connectivity index (χ4n) is 4.13. The van der Waals surface area contributed by atoms with E-state index in [4.69, 9.17) is 9.40 Å². The molecule has 6 nitrogen and oxygen atoms in total. The molecule has 166 valence electrons. The van der Waals surface area contributed by atoms with E-state index < -0.39 is 0 Å². The number of nitrogens with zero attached hydrogens (tertiary/aromatic N) is 2. The lowest BCUT2D eigenvalue weighted by Gasteiger charge is -2.30. The van der Waals surface area contributed by atoms with Crippen LogP contribution in [0.5, 0.6) is 0 Å². The zero-order chi connectivity index (χ0) is 22.5. The molecule has 0 spiro atoms. The summed E-state index contributed by atoms with van der Waals surface area (Å²) in [5, 5.41) is 2.90. The van der Waals surface area contributed by atoms with Crippen LogP contribution in [0.3, 0.4) is 0 Å². The summed E-state index contributed by atoms with van der Waals surface area (Å²) >= 11 is 0. The Bertz CT molecular complexity index is 1070. The summed E-state index contributed by atoms with van der Waals surface area (Å²) in [4.78, 5) is 30.8. The lowest BCUT2D eigenvalue weighted by molar-refractivity contribution is -0.116. The Morgan fingerprint density at radius 2 is 1.75 bits per heavy atom. The average molecular weight is 432 g/mol. The van der Waals surface area contributed by atoms with Crippen LogP contribution in [0.15, 0.2) is 59.0 Å². The van der Waals surface area contributed by atoms with Crippen molar-refractivity contribution in [2.24, 2.45) is 0 Å². The third kappa shape index (κ3) is 5.32. The van der Waals surface area contributed by atoms with Crippen LogP contribution in [-0.2, 0) is 4.79 Å². The van der Waals surface area contributed by atoms with E-state index in [1.165, 1.54) is 6.92 Å². The number of anilines is 1.